The maximum atomic E-state index is 12.2. The summed E-state index contributed by atoms with van der Waals surface area (Å²) >= 11 is 3.16. The number of methoxy groups -OCH3 is 2. The van der Waals surface area contributed by atoms with Crippen LogP contribution in [-0.2, 0) is 4.79 Å². The van der Waals surface area contributed by atoms with Crippen molar-refractivity contribution in [1.29, 1.82) is 0 Å². The highest BCUT2D eigenvalue weighted by Crippen LogP contribution is 2.34. The fraction of sp³-hybridized carbons (Fsp3) is 0.238. The Morgan fingerprint density at radius 1 is 1.14 bits per heavy atom. The Morgan fingerprint density at radius 3 is 2.71 bits per heavy atom. The van der Waals surface area contributed by atoms with E-state index in [0.717, 1.165) is 29.2 Å². The summed E-state index contributed by atoms with van der Waals surface area (Å²) in [6, 6.07) is 15.8. The van der Waals surface area contributed by atoms with Gasteiger partial charge in [0.05, 0.1) is 19.9 Å². The van der Waals surface area contributed by atoms with Crippen molar-refractivity contribution in [1.82, 2.24) is 4.98 Å². The Labute approximate surface area is 173 Å². The van der Waals surface area contributed by atoms with E-state index in [2.05, 4.69) is 22.4 Å². The quantitative estimate of drug-likeness (QED) is 0.378. The molecule has 0 aliphatic heterocycles. The molecule has 0 aliphatic rings. The molecule has 0 aliphatic carbocycles. The van der Waals surface area contributed by atoms with Gasteiger partial charge in [-0.15, -0.1) is 23.1 Å². The molecule has 1 heterocycles. The lowest BCUT2D eigenvalue weighted by Gasteiger charge is -2.08. The van der Waals surface area contributed by atoms with Gasteiger partial charge in [0, 0.05) is 28.3 Å². The van der Waals surface area contributed by atoms with Crippen molar-refractivity contribution < 1.29 is 14.3 Å². The van der Waals surface area contributed by atoms with Gasteiger partial charge < -0.3 is 14.8 Å². The predicted octanol–water partition coefficient (Wildman–Crippen LogP) is 5.34. The van der Waals surface area contributed by atoms with Gasteiger partial charge in [-0.25, -0.2) is 4.98 Å². The summed E-state index contributed by atoms with van der Waals surface area (Å²) in [6.45, 7) is 0. The molecule has 1 amide bonds. The molecular weight excluding hydrogens is 392 g/mol. The molecule has 0 fully saturated rings. The van der Waals surface area contributed by atoms with E-state index in [9.17, 15) is 4.79 Å². The number of amides is 1. The topological polar surface area (TPSA) is 60.5 Å². The van der Waals surface area contributed by atoms with Gasteiger partial charge in [0.2, 0.25) is 5.91 Å². The largest absolute Gasteiger partial charge is 0.497 e. The lowest BCUT2D eigenvalue weighted by molar-refractivity contribution is -0.116. The number of nitrogens with zero attached hydrogens (tertiary/aromatic N) is 1. The SMILES string of the molecule is COc1ccc(-c2csc(NC(=O)CCCSc3ccccc3)n2)c(OC)c1. The lowest BCUT2D eigenvalue weighted by Crippen LogP contribution is -2.11. The maximum absolute atomic E-state index is 12.2. The molecule has 1 N–H and O–H groups in total. The molecule has 3 rings (SSSR count). The minimum Gasteiger partial charge on any atom is -0.497 e. The van der Waals surface area contributed by atoms with E-state index in [-0.39, 0.29) is 5.91 Å². The highest BCUT2D eigenvalue weighted by Gasteiger charge is 2.12. The van der Waals surface area contributed by atoms with Crippen LogP contribution in [0.15, 0.2) is 58.8 Å². The standard InChI is InChI=1S/C21H22N2O3S2/c1-25-15-10-11-17(19(13-15)26-2)18-14-28-21(22-18)23-20(24)9-6-12-27-16-7-4-3-5-8-16/h3-5,7-8,10-11,13-14H,6,9,12H2,1-2H3,(H,22,23,24). The molecular formula is C21H22N2O3S2. The summed E-state index contributed by atoms with van der Waals surface area (Å²) in [5.41, 5.74) is 1.62. The van der Waals surface area contributed by atoms with E-state index < -0.39 is 0 Å². The molecule has 2 aromatic carbocycles. The van der Waals surface area contributed by atoms with Gasteiger partial charge in [-0.05, 0) is 36.4 Å². The van der Waals surface area contributed by atoms with Crippen molar-refractivity contribution in [2.45, 2.75) is 17.7 Å². The number of anilines is 1. The van der Waals surface area contributed by atoms with Crippen molar-refractivity contribution >= 4 is 34.1 Å². The molecule has 0 radical (unpaired) electrons. The molecule has 0 unspecified atom stereocenters. The van der Waals surface area contributed by atoms with E-state index >= 15 is 0 Å². The van der Waals surface area contributed by atoms with E-state index in [1.165, 1.54) is 16.2 Å². The number of benzene rings is 2. The second-order valence-electron chi connectivity index (χ2n) is 5.92. The first-order valence-corrected chi connectivity index (χ1v) is 10.7. The number of thiazole rings is 1. The average Bonchev–Trinajstić information content (AvgIpc) is 3.19. The first-order valence-electron chi connectivity index (χ1n) is 8.85. The van der Waals surface area contributed by atoms with Crippen LogP contribution in [0.1, 0.15) is 12.8 Å². The zero-order chi connectivity index (χ0) is 19.8. The average molecular weight is 415 g/mol. The van der Waals surface area contributed by atoms with Crippen molar-refractivity contribution in [2.75, 3.05) is 25.3 Å². The minimum atomic E-state index is -0.0174. The molecule has 0 spiro atoms. The van der Waals surface area contributed by atoms with E-state index in [4.69, 9.17) is 9.47 Å². The molecule has 5 nitrogen and oxygen atoms in total. The maximum Gasteiger partial charge on any atom is 0.226 e. The third kappa shape index (κ3) is 5.50. The van der Waals surface area contributed by atoms with Crippen LogP contribution in [0.2, 0.25) is 0 Å². The Balaban J connectivity index is 1.52. The van der Waals surface area contributed by atoms with Gasteiger partial charge in [0.1, 0.15) is 11.5 Å². The third-order valence-electron chi connectivity index (χ3n) is 4.00. The Kier molecular flexibility index (Phi) is 7.33. The van der Waals surface area contributed by atoms with E-state index in [0.29, 0.717) is 17.3 Å². The Bertz CT molecular complexity index is 913. The van der Waals surface area contributed by atoms with Crippen molar-refractivity contribution in [3.05, 3.63) is 53.9 Å². The van der Waals surface area contributed by atoms with Crippen LogP contribution in [0.25, 0.3) is 11.3 Å². The molecule has 7 heteroatoms. The van der Waals surface area contributed by atoms with Gasteiger partial charge in [0.15, 0.2) is 5.13 Å². The summed E-state index contributed by atoms with van der Waals surface area (Å²) in [7, 11) is 3.23. The van der Waals surface area contributed by atoms with Gasteiger partial charge in [-0.3, -0.25) is 4.79 Å². The summed E-state index contributed by atoms with van der Waals surface area (Å²) in [4.78, 5) is 17.9. The van der Waals surface area contributed by atoms with Crippen LogP contribution in [-0.4, -0.2) is 30.9 Å². The minimum absolute atomic E-state index is 0.0174. The normalized spacial score (nSPS) is 10.5. The second-order valence-corrected chi connectivity index (χ2v) is 7.94. The highest BCUT2D eigenvalue weighted by atomic mass is 32.2. The highest BCUT2D eigenvalue weighted by molar-refractivity contribution is 7.99. The number of rotatable bonds is 9. The van der Waals surface area contributed by atoms with Crippen molar-refractivity contribution in [2.24, 2.45) is 0 Å². The van der Waals surface area contributed by atoms with Gasteiger partial charge in [-0.1, -0.05) is 18.2 Å². The Morgan fingerprint density at radius 2 is 1.96 bits per heavy atom. The van der Waals surface area contributed by atoms with E-state index in [1.807, 2.05) is 41.8 Å². The zero-order valence-corrected chi connectivity index (χ0v) is 17.4. The second kappa shape index (κ2) is 10.1. The van der Waals surface area contributed by atoms with Crippen molar-refractivity contribution in [3.8, 4) is 22.8 Å². The van der Waals surface area contributed by atoms with Gasteiger partial charge in [0.25, 0.3) is 0 Å². The Hall–Kier alpha value is -2.51. The van der Waals surface area contributed by atoms with Gasteiger partial charge in [-0.2, -0.15) is 0 Å². The van der Waals surface area contributed by atoms with E-state index in [1.54, 1.807) is 26.0 Å². The van der Waals surface area contributed by atoms with Crippen LogP contribution in [0, 0.1) is 0 Å². The predicted molar refractivity (Wildman–Crippen MR) is 116 cm³/mol. The summed E-state index contributed by atoms with van der Waals surface area (Å²) < 4.78 is 10.7. The number of nitrogens with one attached hydrogen (secondary N) is 1. The van der Waals surface area contributed by atoms with Crippen LogP contribution < -0.4 is 14.8 Å². The first-order chi connectivity index (χ1) is 13.7. The molecule has 28 heavy (non-hydrogen) atoms. The molecule has 0 saturated heterocycles. The molecule has 146 valence electrons. The molecule has 0 atom stereocenters. The molecule has 0 bridgehead atoms. The number of ether oxygens (including phenoxy) is 2. The third-order valence-corrected chi connectivity index (χ3v) is 5.85. The van der Waals surface area contributed by atoms with Crippen molar-refractivity contribution in [3.63, 3.8) is 0 Å². The monoisotopic (exact) mass is 414 g/mol. The number of carbonyl (C=O) groups excluding carboxylic acids is 1. The summed E-state index contributed by atoms with van der Waals surface area (Å²) in [5, 5.41) is 5.38. The fourth-order valence-electron chi connectivity index (χ4n) is 2.59. The molecule has 1 aromatic heterocycles. The number of carbonyl (C=O) groups is 1. The fourth-order valence-corrected chi connectivity index (χ4v) is 4.19. The number of hydrogen-bond acceptors (Lipinski definition) is 6. The molecule has 0 saturated carbocycles. The number of thioether (sulfide) groups is 1. The zero-order valence-electron chi connectivity index (χ0n) is 15.8. The summed E-state index contributed by atoms with van der Waals surface area (Å²) in [5.74, 6) is 2.29. The number of aromatic nitrogens is 1. The smallest absolute Gasteiger partial charge is 0.226 e. The summed E-state index contributed by atoms with van der Waals surface area (Å²) in [6.07, 6.45) is 1.29. The van der Waals surface area contributed by atoms with Crippen LogP contribution in [0.5, 0.6) is 11.5 Å². The number of hydrogen-bond donors (Lipinski definition) is 1. The molecule has 3 aromatic rings. The van der Waals surface area contributed by atoms with Crippen LogP contribution in [0.4, 0.5) is 5.13 Å². The van der Waals surface area contributed by atoms with Gasteiger partial charge >= 0.3 is 0 Å². The van der Waals surface area contributed by atoms with Crippen LogP contribution in [0.3, 0.4) is 0 Å². The lowest BCUT2D eigenvalue weighted by atomic mass is 10.1. The first kappa shape index (κ1) is 20.2. The van der Waals surface area contributed by atoms with Crippen LogP contribution >= 0.6 is 23.1 Å².